The fourth-order valence-electron chi connectivity index (χ4n) is 1.84. The smallest absolute Gasteiger partial charge is 0.305 e. The highest BCUT2D eigenvalue weighted by Gasteiger charge is 2.01. The Morgan fingerprint density at radius 2 is 0.875 bits per heavy atom. The van der Waals surface area contributed by atoms with Crippen LogP contribution in [0.3, 0.4) is 0 Å². The van der Waals surface area contributed by atoms with Gasteiger partial charge in [-0.05, 0) is 25.7 Å². The quantitative estimate of drug-likeness (QED) is 0.294. The van der Waals surface area contributed by atoms with Crippen molar-refractivity contribution in [1.82, 2.24) is 0 Å². The lowest BCUT2D eigenvalue weighted by molar-refractivity contribution is -0.144. The van der Waals surface area contributed by atoms with Gasteiger partial charge < -0.3 is 9.47 Å². The number of esters is 2. The molecule has 0 saturated carbocycles. The Morgan fingerprint density at radius 3 is 1.17 bits per heavy atom. The Labute approximate surface area is 149 Å². The summed E-state index contributed by atoms with van der Waals surface area (Å²) in [6.07, 6.45) is 11.8. The van der Waals surface area contributed by atoms with Gasteiger partial charge in [0.15, 0.2) is 0 Å². The standard InChI is InChI=1S/2C10H20O2/c2*1-3-5-7-8-10(11)12-9-6-4-2/h2*3-9H2,1-2H3. The fraction of sp³-hybridized carbons (Fsp3) is 0.900. The van der Waals surface area contributed by atoms with Crippen molar-refractivity contribution in [2.75, 3.05) is 13.2 Å². The summed E-state index contributed by atoms with van der Waals surface area (Å²) >= 11 is 0. The topological polar surface area (TPSA) is 52.6 Å². The molecular weight excluding hydrogens is 304 g/mol. The lowest BCUT2D eigenvalue weighted by Gasteiger charge is -2.02. The van der Waals surface area contributed by atoms with Crippen molar-refractivity contribution in [2.45, 2.75) is 105 Å². The summed E-state index contributed by atoms with van der Waals surface area (Å²) < 4.78 is 9.98. The van der Waals surface area contributed by atoms with Gasteiger partial charge in [0.25, 0.3) is 0 Å². The molecule has 0 fully saturated rings. The summed E-state index contributed by atoms with van der Waals surface area (Å²) in [6.45, 7) is 9.63. The van der Waals surface area contributed by atoms with E-state index in [0.29, 0.717) is 26.1 Å². The first-order valence-corrected chi connectivity index (χ1v) is 9.93. The van der Waals surface area contributed by atoms with E-state index in [-0.39, 0.29) is 11.9 Å². The predicted octanol–water partition coefficient (Wildman–Crippen LogP) is 5.82. The van der Waals surface area contributed by atoms with Gasteiger partial charge in [0.05, 0.1) is 13.2 Å². The number of unbranched alkanes of at least 4 members (excludes halogenated alkanes) is 6. The van der Waals surface area contributed by atoms with Crippen LogP contribution in [0.15, 0.2) is 0 Å². The molecule has 0 amide bonds. The van der Waals surface area contributed by atoms with Crippen molar-refractivity contribution in [2.24, 2.45) is 0 Å². The molecule has 0 spiro atoms. The normalized spacial score (nSPS) is 9.83. The molecule has 144 valence electrons. The predicted molar refractivity (Wildman–Crippen MR) is 100 cm³/mol. The fourth-order valence-corrected chi connectivity index (χ4v) is 1.84. The van der Waals surface area contributed by atoms with Gasteiger partial charge in [-0.25, -0.2) is 0 Å². The largest absolute Gasteiger partial charge is 0.466 e. The van der Waals surface area contributed by atoms with Gasteiger partial charge in [-0.15, -0.1) is 0 Å². The summed E-state index contributed by atoms with van der Waals surface area (Å²) in [7, 11) is 0. The lowest BCUT2D eigenvalue weighted by Crippen LogP contribution is -2.05. The van der Waals surface area contributed by atoms with Gasteiger partial charge in [0.1, 0.15) is 0 Å². The Bertz CT molecular complexity index is 225. The number of hydrogen-bond acceptors (Lipinski definition) is 4. The molecule has 24 heavy (non-hydrogen) atoms. The van der Waals surface area contributed by atoms with E-state index >= 15 is 0 Å². The molecule has 0 atom stereocenters. The van der Waals surface area contributed by atoms with E-state index < -0.39 is 0 Å². The van der Waals surface area contributed by atoms with Crippen LogP contribution in [-0.2, 0) is 19.1 Å². The van der Waals surface area contributed by atoms with E-state index in [9.17, 15) is 9.59 Å². The van der Waals surface area contributed by atoms with Gasteiger partial charge in [0.2, 0.25) is 0 Å². The van der Waals surface area contributed by atoms with Crippen LogP contribution in [0.25, 0.3) is 0 Å². The van der Waals surface area contributed by atoms with Crippen molar-refractivity contribution in [3.8, 4) is 0 Å². The molecule has 0 aromatic heterocycles. The molecule has 0 aliphatic heterocycles. The van der Waals surface area contributed by atoms with E-state index in [2.05, 4.69) is 27.7 Å². The SMILES string of the molecule is CCCCCC(=O)OCCCC.CCCCCC(=O)OCCCC. The molecule has 0 aliphatic carbocycles. The summed E-state index contributed by atoms with van der Waals surface area (Å²) in [6, 6.07) is 0. The molecule has 0 heterocycles. The lowest BCUT2D eigenvalue weighted by atomic mass is 10.2. The van der Waals surface area contributed by atoms with Crippen molar-refractivity contribution in [1.29, 1.82) is 0 Å². The highest BCUT2D eigenvalue weighted by molar-refractivity contribution is 5.69. The van der Waals surface area contributed by atoms with Crippen molar-refractivity contribution < 1.29 is 19.1 Å². The molecule has 0 rings (SSSR count). The number of carbonyl (C=O) groups excluding carboxylic acids is 2. The zero-order chi connectivity index (χ0) is 18.5. The van der Waals surface area contributed by atoms with Crippen LogP contribution < -0.4 is 0 Å². The highest BCUT2D eigenvalue weighted by Crippen LogP contribution is 2.01. The first-order valence-electron chi connectivity index (χ1n) is 9.93. The van der Waals surface area contributed by atoms with Crippen LogP contribution in [0.1, 0.15) is 105 Å². The Balaban J connectivity index is 0. The summed E-state index contributed by atoms with van der Waals surface area (Å²) in [4.78, 5) is 21.9. The van der Waals surface area contributed by atoms with Crippen LogP contribution in [0, 0.1) is 0 Å². The molecular formula is C20H40O4. The molecule has 0 radical (unpaired) electrons. The average molecular weight is 345 g/mol. The average Bonchev–Trinajstić information content (AvgIpc) is 2.56. The van der Waals surface area contributed by atoms with Crippen molar-refractivity contribution in [3.05, 3.63) is 0 Å². The maximum atomic E-state index is 11.0. The van der Waals surface area contributed by atoms with E-state index in [0.717, 1.165) is 64.2 Å². The van der Waals surface area contributed by atoms with Crippen LogP contribution >= 0.6 is 0 Å². The van der Waals surface area contributed by atoms with E-state index in [4.69, 9.17) is 9.47 Å². The number of hydrogen-bond donors (Lipinski definition) is 0. The minimum absolute atomic E-state index is 0.0306. The number of rotatable bonds is 14. The molecule has 4 heteroatoms. The Kier molecular flexibility index (Phi) is 23.0. The number of ether oxygens (including phenoxy) is 2. The molecule has 4 nitrogen and oxygen atoms in total. The van der Waals surface area contributed by atoms with E-state index in [1.807, 2.05) is 0 Å². The zero-order valence-electron chi connectivity index (χ0n) is 16.5. The molecule has 0 unspecified atom stereocenters. The molecule has 0 aromatic carbocycles. The second-order valence-corrected chi connectivity index (χ2v) is 6.06. The van der Waals surface area contributed by atoms with Gasteiger partial charge in [-0.3, -0.25) is 9.59 Å². The first kappa shape index (κ1) is 25.2. The van der Waals surface area contributed by atoms with Crippen LogP contribution in [0.4, 0.5) is 0 Å². The molecule has 0 bridgehead atoms. The van der Waals surface area contributed by atoms with Crippen molar-refractivity contribution >= 4 is 11.9 Å². The van der Waals surface area contributed by atoms with Crippen LogP contribution in [-0.4, -0.2) is 25.2 Å². The molecule has 0 aromatic rings. The van der Waals surface area contributed by atoms with Gasteiger partial charge in [0, 0.05) is 12.8 Å². The van der Waals surface area contributed by atoms with E-state index in [1.165, 1.54) is 0 Å². The third-order valence-electron chi connectivity index (χ3n) is 3.49. The minimum atomic E-state index is -0.0306. The van der Waals surface area contributed by atoms with Gasteiger partial charge in [-0.1, -0.05) is 66.2 Å². The second-order valence-electron chi connectivity index (χ2n) is 6.06. The minimum Gasteiger partial charge on any atom is -0.466 e. The first-order chi connectivity index (χ1) is 11.6. The summed E-state index contributed by atoms with van der Waals surface area (Å²) in [5.74, 6) is -0.0613. The zero-order valence-corrected chi connectivity index (χ0v) is 16.5. The maximum Gasteiger partial charge on any atom is 0.305 e. The van der Waals surface area contributed by atoms with Crippen LogP contribution in [0.5, 0.6) is 0 Å². The molecule has 0 N–H and O–H groups in total. The molecule has 0 saturated heterocycles. The number of carbonyl (C=O) groups is 2. The highest BCUT2D eigenvalue weighted by atomic mass is 16.5. The summed E-state index contributed by atoms with van der Waals surface area (Å²) in [5.41, 5.74) is 0. The maximum absolute atomic E-state index is 11.0. The van der Waals surface area contributed by atoms with E-state index in [1.54, 1.807) is 0 Å². The molecule has 0 aliphatic rings. The Hall–Kier alpha value is -1.06. The monoisotopic (exact) mass is 344 g/mol. The van der Waals surface area contributed by atoms with Crippen molar-refractivity contribution in [3.63, 3.8) is 0 Å². The Morgan fingerprint density at radius 1 is 0.542 bits per heavy atom. The van der Waals surface area contributed by atoms with Crippen LogP contribution in [0.2, 0.25) is 0 Å². The summed E-state index contributed by atoms with van der Waals surface area (Å²) in [5, 5.41) is 0. The second kappa shape index (κ2) is 21.9. The van der Waals surface area contributed by atoms with Gasteiger partial charge in [-0.2, -0.15) is 0 Å². The third kappa shape index (κ3) is 23.2. The van der Waals surface area contributed by atoms with Gasteiger partial charge >= 0.3 is 11.9 Å². The third-order valence-corrected chi connectivity index (χ3v) is 3.49.